The molecule has 4 rings (SSSR count). The molecule has 2 saturated heterocycles. The molecule has 2 aromatic rings. The molecule has 1 aromatic carbocycles. The van der Waals surface area contributed by atoms with Crippen LogP contribution in [0.4, 0.5) is 5.82 Å². The highest BCUT2D eigenvalue weighted by molar-refractivity contribution is 5.38. The fourth-order valence-electron chi connectivity index (χ4n) is 3.82. The Hall–Kier alpha value is -1.98. The summed E-state index contributed by atoms with van der Waals surface area (Å²) in [4.78, 5) is 11.7. The Morgan fingerprint density at radius 2 is 1.88 bits per heavy atom. The van der Waals surface area contributed by atoms with Crippen LogP contribution < -0.4 is 15.8 Å². The summed E-state index contributed by atoms with van der Waals surface area (Å²) in [6, 6.07) is 13.1. The summed E-state index contributed by atoms with van der Waals surface area (Å²) in [5.74, 6) is 2.76. The van der Waals surface area contributed by atoms with E-state index in [9.17, 15) is 0 Å². The summed E-state index contributed by atoms with van der Waals surface area (Å²) in [5.41, 5.74) is 7.94. The van der Waals surface area contributed by atoms with Gasteiger partial charge in [0.2, 0.25) is 0 Å². The molecule has 1 aromatic heterocycles. The van der Waals surface area contributed by atoms with Gasteiger partial charge in [-0.15, -0.1) is 0 Å². The molecule has 0 bridgehead atoms. The minimum Gasteiger partial charge on any atom is -0.356 e. The average molecular weight is 323 g/mol. The maximum Gasteiger partial charge on any atom is 0.135 e. The lowest BCUT2D eigenvalue weighted by Gasteiger charge is -2.35. The van der Waals surface area contributed by atoms with Gasteiger partial charge in [-0.1, -0.05) is 30.3 Å². The van der Waals surface area contributed by atoms with E-state index in [1.54, 1.807) is 0 Å². The number of anilines is 1. The smallest absolute Gasteiger partial charge is 0.135 e. The van der Waals surface area contributed by atoms with Crippen LogP contribution in [0.1, 0.15) is 30.7 Å². The van der Waals surface area contributed by atoms with Crippen LogP contribution in [0.2, 0.25) is 0 Å². The topological polar surface area (TPSA) is 53.1 Å². The van der Waals surface area contributed by atoms with Gasteiger partial charge < -0.3 is 4.90 Å². The van der Waals surface area contributed by atoms with Crippen LogP contribution in [0.3, 0.4) is 0 Å². The molecule has 3 heterocycles. The van der Waals surface area contributed by atoms with Gasteiger partial charge in [0.15, 0.2) is 0 Å². The second-order valence-electron chi connectivity index (χ2n) is 6.78. The van der Waals surface area contributed by atoms with Gasteiger partial charge in [-0.25, -0.2) is 9.97 Å². The monoisotopic (exact) mass is 323 g/mol. The first kappa shape index (κ1) is 15.5. The van der Waals surface area contributed by atoms with Gasteiger partial charge in [0.05, 0.1) is 0 Å². The van der Waals surface area contributed by atoms with Crippen LogP contribution >= 0.6 is 0 Å². The van der Waals surface area contributed by atoms with E-state index < -0.39 is 0 Å². The molecule has 2 N–H and O–H groups in total. The van der Waals surface area contributed by atoms with E-state index in [0.29, 0.717) is 6.04 Å². The fraction of sp³-hybridized carbons (Fsp3) is 0.474. The minimum atomic E-state index is 0.645. The molecule has 2 fully saturated rings. The van der Waals surface area contributed by atoms with Crippen molar-refractivity contribution in [2.45, 2.75) is 31.7 Å². The predicted molar refractivity (Wildman–Crippen MR) is 95.8 cm³/mol. The zero-order valence-electron chi connectivity index (χ0n) is 14.0. The van der Waals surface area contributed by atoms with Gasteiger partial charge in [-0.3, -0.25) is 10.9 Å². The summed E-state index contributed by atoms with van der Waals surface area (Å²) in [7, 11) is 0. The molecule has 0 amide bonds. The second-order valence-corrected chi connectivity index (χ2v) is 6.78. The van der Waals surface area contributed by atoms with Gasteiger partial charge in [0.25, 0.3) is 0 Å². The van der Waals surface area contributed by atoms with E-state index in [-0.39, 0.29) is 0 Å². The molecule has 0 aliphatic carbocycles. The molecule has 126 valence electrons. The Morgan fingerprint density at radius 1 is 1.04 bits per heavy atom. The Kier molecular flexibility index (Phi) is 4.71. The normalized spacial score (nSPS) is 22.0. The summed E-state index contributed by atoms with van der Waals surface area (Å²) in [6.45, 7) is 3.27. The molecule has 0 radical (unpaired) electrons. The number of piperidine rings is 1. The predicted octanol–water partition coefficient (Wildman–Crippen LogP) is 2.15. The number of aromatic nitrogens is 2. The summed E-state index contributed by atoms with van der Waals surface area (Å²) >= 11 is 0. The molecule has 1 atom stereocenters. The summed E-state index contributed by atoms with van der Waals surface area (Å²) in [5, 5.41) is 0. The number of rotatable bonds is 4. The Morgan fingerprint density at radius 3 is 2.62 bits per heavy atom. The fourth-order valence-corrected chi connectivity index (χ4v) is 3.82. The molecule has 0 saturated carbocycles. The first-order valence-electron chi connectivity index (χ1n) is 8.98. The van der Waals surface area contributed by atoms with Crippen molar-refractivity contribution in [2.24, 2.45) is 5.92 Å². The quantitative estimate of drug-likeness (QED) is 0.903. The van der Waals surface area contributed by atoms with Crippen molar-refractivity contribution in [1.29, 1.82) is 0 Å². The summed E-state index contributed by atoms with van der Waals surface area (Å²) in [6.07, 6.45) is 6.41. The molecule has 0 spiro atoms. The van der Waals surface area contributed by atoms with Crippen molar-refractivity contribution >= 4 is 5.82 Å². The maximum atomic E-state index is 4.80. The standard InChI is InChI=1S/C19H25N5/c1-2-4-15(5-3-1)14-18-20-10-7-19(22-18)24-12-8-16(9-13-24)17-6-11-21-23-17/h1-5,7,10,16-17,21,23H,6,8-9,11-14H2. The number of benzene rings is 1. The molecular formula is C19H25N5. The number of nitrogens with one attached hydrogen (secondary N) is 2. The van der Waals surface area contributed by atoms with Crippen LogP contribution in [-0.4, -0.2) is 35.6 Å². The van der Waals surface area contributed by atoms with E-state index in [0.717, 1.165) is 43.6 Å². The van der Waals surface area contributed by atoms with E-state index >= 15 is 0 Å². The lowest BCUT2D eigenvalue weighted by molar-refractivity contribution is 0.310. The molecule has 24 heavy (non-hydrogen) atoms. The average Bonchev–Trinajstić information content (AvgIpc) is 3.18. The van der Waals surface area contributed by atoms with E-state index in [2.05, 4.69) is 45.0 Å². The van der Waals surface area contributed by atoms with Crippen molar-refractivity contribution in [3.8, 4) is 0 Å². The number of nitrogens with zero attached hydrogens (tertiary/aromatic N) is 3. The van der Waals surface area contributed by atoms with E-state index in [1.807, 2.05) is 18.3 Å². The van der Waals surface area contributed by atoms with E-state index in [4.69, 9.17) is 4.98 Å². The van der Waals surface area contributed by atoms with Crippen molar-refractivity contribution < 1.29 is 0 Å². The molecule has 1 unspecified atom stereocenters. The Labute approximate surface area is 143 Å². The lowest BCUT2D eigenvalue weighted by Crippen LogP contribution is -2.43. The van der Waals surface area contributed by atoms with Crippen molar-refractivity contribution in [3.63, 3.8) is 0 Å². The van der Waals surface area contributed by atoms with Crippen LogP contribution in [0.15, 0.2) is 42.6 Å². The van der Waals surface area contributed by atoms with Gasteiger partial charge >= 0.3 is 0 Å². The van der Waals surface area contributed by atoms with Gasteiger partial charge in [0.1, 0.15) is 11.6 Å². The molecule has 5 heteroatoms. The van der Waals surface area contributed by atoms with Crippen LogP contribution in [0.5, 0.6) is 0 Å². The third-order valence-electron chi connectivity index (χ3n) is 5.20. The molecule has 2 aliphatic heterocycles. The van der Waals surface area contributed by atoms with Crippen LogP contribution in [0.25, 0.3) is 0 Å². The van der Waals surface area contributed by atoms with Crippen LogP contribution in [-0.2, 0) is 6.42 Å². The number of hydrogen-bond donors (Lipinski definition) is 2. The molecule has 5 nitrogen and oxygen atoms in total. The lowest BCUT2D eigenvalue weighted by atomic mass is 9.88. The van der Waals surface area contributed by atoms with Crippen molar-refractivity contribution in [2.75, 3.05) is 24.5 Å². The third-order valence-corrected chi connectivity index (χ3v) is 5.20. The summed E-state index contributed by atoms with van der Waals surface area (Å²) < 4.78 is 0. The first-order valence-corrected chi connectivity index (χ1v) is 8.98. The third kappa shape index (κ3) is 3.57. The second kappa shape index (κ2) is 7.28. The SMILES string of the molecule is c1ccc(Cc2nccc(N3CCC(C4CCNN4)CC3)n2)cc1. The Bertz CT molecular complexity index is 646. The highest BCUT2D eigenvalue weighted by Gasteiger charge is 2.28. The molecule has 2 aliphatic rings. The first-order chi connectivity index (χ1) is 11.9. The molecular weight excluding hydrogens is 298 g/mol. The van der Waals surface area contributed by atoms with Crippen molar-refractivity contribution in [1.82, 2.24) is 20.8 Å². The largest absolute Gasteiger partial charge is 0.356 e. The maximum absolute atomic E-state index is 4.80. The van der Waals surface area contributed by atoms with Crippen molar-refractivity contribution in [3.05, 3.63) is 54.0 Å². The highest BCUT2D eigenvalue weighted by Crippen LogP contribution is 2.26. The van der Waals surface area contributed by atoms with Crippen LogP contribution in [0, 0.1) is 5.92 Å². The van der Waals surface area contributed by atoms with E-state index in [1.165, 1.54) is 24.8 Å². The minimum absolute atomic E-state index is 0.645. The number of hydrazine groups is 1. The van der Waals surface area contributed by atoms with Gasteiger partial charge in [-0.05, 0) is 36.8 Å². The van der Waals surface area contributed by atoms with Gasteiger partial charge in [-0.2, -0.15) is 0 Å². The zero-order chi connectivity index (χ0) is 16.2. The highest BCUT2D eigenvalue weighted by atomic mass is 15.4. The van der Waals surface area contributed by atoms with Gasteiger partial charge in [0, 0.05) is 38.3 Å². The zero-order valence-corrected chi connectivity index (χ0v) is 14.0. The Balaban J connectivity index is 1.39. The number of hydrogen-bond acceptors (Lipinski definition) is 5.